The van der Waals surface area contributed by atoms with E-state index in [0.29, 0.717) is 19.4 Å². The van der Waals surface area contributed by atoms with Crippen LogP contribution in [-0.2, 0) is 28.1 Å². The van der Waals surface area contributed by atoms with E-state index in [-0.39, 0.29) is 5.91 Å². The Balaban J connectivity index is 0.000000614. The van der Waals surface area contributed by atoms with Crippen molar-refractivity contribution >= 4 is 16.0 Å². The van der Waals surface area contributed by atoms with E-state index >= 15 is 0 Å². The number of hydrogen-bond donors (Lipinski definition) is 3. The standard InChI is InChI=1S/C22H22N2O2.CH4O3S/c23-22(25)21(19-9-5-2-6-10-19)24-15-17-11-13-20(14-12-17)26-16-18-7-3-1-4-8-18;1-5(2,3)4/h1-14,21,24H,15-16H2,(H2,23,25);1H3,(H,2,3,4). The van der Waals surface area contributed by atoms with Crippen molar-refractivity contribution in [3.8, 4) is 5.75 Å². The topological polar surface area (TPSA) is 119 Å². The quantitative estimate of drug-likeness (QED) is 0.461. The molecule has 1 amide bonds. The Bertz CT molecular complexity index is 1030. The highest BCUT2D eigenvalue weighted by molar-refractivity contribution is 7.85. The average Bonchev–Trinajstić information content (AvgIpc) is 2.73. The number of benzene rings is 3. The van der Waals surface area contributed by atoms with E-state index in [2.05, 4.69) is 5.32 Å². The maximum absolute atomic E-state index is 11.7. The Morgan fingerprint density at radius 2 is 1.45 bits per heavy atom. The van der Waals surface area contributed by atoms with Crippen LogP contribution in [0.4, 0.5) is 0 Å². The summed E-state index contributed by atoms with van der Waals surface area (Å²) in [4.78, 5) is 11.7. The summed E-state index contributed by atoms with van der Waals surface area (Å²) in [6.07, 6.45) is 0.715. The van der Waals surface area contributed by atoms with E-state index in [1.165, 1.54) is 0 Å². The molecule has 0 radical (unpaired) electrons. The lowest BCUT2D eigenvalue weighted by atomic mass is 10.1. The minimum absolute atomic E-state index is 0.390. The zero-order chi connectivity index (χ0) is 22.7. The second-order valence-electron chi connectivity index (χ2n) is 6.78. The Hall–Kier alpha value is -3.20. The Morgan fingerprint density at radius 1 is 0.935 bits per heavy atom. The number of carbonyl (C=O) groups is 1. The normalized spacial score (nSPS) is 11.7. The number of amides is 1. The molecule has 3 aromatic carbocycles. The highest BCUT2D eigenvalue weighted by Gasteiger charge is 2.16. The lowest BCUT2D eigenvalue weighted by molar-refractivity contribution is -0.120. The van der Waals surface area contributed by atoms with E-state index in [0.717, 1.165) is 22.4 Å². The first-order valence-corrected chi connectivity index (χ1v) is 11.3. The molecule has 0 saturated carbocycles. The molecular formula is C23H26N2O5S. The lowest BCUT2D eigenvalue weighted by Crippen LogP contribution is -2.33. The van der Waals surface area contributed by atoms with Gasteiger partial charge in [0.2, 0.25) is 5.91 Å². The molecule has 31 heavy (non-hydrogen) atoms. The van der Waals surface area contributed by atoms with Crippen molar-refractivity contribution in [2.45, 2.75) is 19.2 Å². The molecule has 0 aliphatic carbocycles. The van der Waals surface area contributed by atoms with Gasteiger partial charge in [-0.1, -0.05) is 72.8 Å². The molecule has 0 aliphatic heterocycles. The van der Waals surface area contributed by atoms with Crippen LogP contribution in [0.2, 0.25) is 0 Å². The molecule has 0 heterocycles. The molecule has 3 rings (SSSR count). The SMILES string of the molecule is CS(=O)(=O)O.NC(=O)C(NCc1ccc(OCc2ccccc2)cc1)c1ccccc1. The third-order valence-electron chi connectivity index (χ3n) is 4.10. The summed E-state index contributed by atoms with van der Waals surface area (Å²) in [5.74, 6) is 0.422. The summed E-state index contributed by atoms with van der Waals surface area (Å²) < 4.78 is 31.7. The van der Waals surface area contributed by atoms with Crippen molar-refractivity contribution in [2.24, 2.45) is 5.73 Å². The average molecular weight is 443 g/mol. The predicted octanol–water partition coefficient (Wildman–Crippen LogP) is 3.09. The van der Waals surface area contributed by atoms with Crippen molar-refractivity contribution in [3.05, 3.63) is 102 Å². The third kappa shape index (κ3) is 9.90. The molecule has 0 spiro atoms. The molecule has 0 bridgehead atoms. The molecule has 164 valence electrons. The summed E-state index contributed by atoms with van der Waals surface area (Å²) in [5, 5.41) is 3.21. The molecule has 1 unspecified atom stereocenters. The van der Waals surface area contributed by atoms with Gasteiger partial charge in [-0.3, -0.25) is 14.7 Å². The second-order valence-corrected chi connectivity index (χ2v) is 8.24. The molecule has 0 fully saturated rings. The molecule has 0 aromatic heterocycles. The van der Waals surface area contributed by atoms with Crippen LogP contribution in [0.25, 0.3) is 0 Å². The van der Waals surface area contributed by atoms with Gasteiger partial charge in [-0.15, -0.1) is 0 Å². The fourth-order valence-corrected chi connectivity index (χ4v) is 2.69. The maximum Gasteiger partial charge on any atom is 0.261 e. The number of carbonyl (C=O) groups excluding carboxylic acids is 1. The largest absolute Gasteiger partial charge is 0.489 e. The summed E-state index contributed by atoms with van der Waals surface area (Å²) >= 11 is 0. The molecule has 3 aromatic rings. The van der Waals surface area contributed by atoms with Crippen LogP contribution in [0.3, 0.4) is 0 Å². The summed E-state index contributed by atoms with van der Waals surface area (Å²) in [6.45, 7) is 1.08. The van der Waals surface area contributed by atoms with Crippen LogP contribution in [0.5, 0.6) is 5.75 Å². The zero-order valence-electron chi connectivity index (χ0n) is 17.1. The van der Waals surface area contributed by atoms with Gasteiger partial charge in [0.25, 0.3) is 10.1 Å². The number of rotatable bonds is 8. The van der Waals surface area contributed by atoms with Crippen LogP contribution in [0.15, 0.2) is 84.9 Å². The number of nitrogens with two attached hydrogens (primary N) is 1. The van der Waals surface area contributed by atoms with Gasteiger partial charge in [-0.05, 0) is 28.8 Å². The van der Waals surface area contributed by atoms with E-state index in [4.69, 9.17) is 15.0 Å². The summed E-state index contributed by atoms with van der Waals surface area (Å²) in [5.41, 5.74) is 8.58. The van der Waals surface area contributed by atoms with Gasteiger partial charge in [0.05, 0.1) is 6.26 Å². The highest BCUT2D eigenvalue weighted by atomic mass is 32.2. The lowest BCUT2D eigenvalue weighted by Gasteiger charge is -2.16. The van der Waals surface area contributed by atoms with Crippen molar-refractivity contribution in [2.75, 3.05) is 6.26 Å². The predicted molar refractivity (Wildman–Crippen MR) is 120 cm³/mol. The van der Waals surface area contributed by atoms with Gasteiger partial charge in [0.1, 0.15) is 18.4 Å². The number of primary amides is 1. The first-order valence-electron chi connectivity index (χ1n) is 9.48. The van der Waals surface area contributed by atoms with Crippen molar-refractivity contribution in [1.82, 2.24) is 5.32 Å². The molecule has 8 heteroatoms. The Morgan fingerprint density at radius 3 is 1.97 bits per heavy atom. The Labute approximate surface area is 182 Å². The number of nitrogens with one attached hydrogen (secondary N) is 1. The minimum atomic E-state index is -3.67. The van der Waals surface area contributed by atoms with Gasteiger partial charge in [0.15, 0.2) is 0 Å². The number of hydrogen-bond acceptors (Lipinski definition) is 5. The van der Waals surface area contributed by atoms with Gasteiger partial charge in [-0.2, -0.15) is 8.42 Å². The smallest absolute Gasteiger partial charge is 0.261 e. The van der Waals surface area contributed by atoms with Crippen molar-refractivity contribution < 1.29 is 22.5 Å². The molecule has 0 saturated heterocycles. The van der Waals surface area contributed by atoms with E-state index < -0.39 is 16.2 Å². The third-order valence-corrected chi connectivity index (χ3v) is 4.10. The molecular weight excluding hydrogens is 416 g/mol. The van der Waals surface area contributed by atoms with Crippen LogP contribution < -0.4 is 15.8 Å². The first kappa shape index (κ1) is 24.1. The van der Waals surface area contributed by atoms with Gasteiger partial charge in [-0.25, -0.2) is 0 Å². The van der Waals surface area contributed by atoms with Crippen LogP contribution >= 0.6 is 0 Å². The minimum Gasteiger partial charge on any atom is -0.489 e. The maximum atomic E-state index is 11.7. The molecule has 7 nitrogen and oxygen atoms in total. The van der Waals surface area contributed by atoms with Crippen LogP contribution in [-0.4, -0.2) is 25.1 Å². The van der Waals surface area contributed by atoms with Crippen molar-refractivity contribution in [1.29, 1.82) is 0 Å². The van der Waals surface area contributed by atoms with E-state index in [1.807, 2.05) is 84.9 Å². The fraction of sp³-hybridized carbons (Fsp3) is 0.174. The highest BCUT2D eigenvalue weighted by Crippen LogP contribution is 2.16. The summed E-state index contributed by atoms with van der Waals surface area (Å²) in [7, 11) is -3.67. The van der Waals surface area contributed by atoms with Crippen molar-refractivity contribution in [3.63, 3.8) is 0 Å². The van der Waals surface area contributed by atoms with Gasteiger partial charge in [0, 0.05) is 6.54 Å². The monoisotopic (exact) mass is 442 g/mol. The number of ether oxygens (including phenoxy) is 1. The van der Waals surface area contributed by atoms with Gasteiger partial charge < -0.3 is 10.5 Å². The molecule has 4 N–H and O–H groups in total. The fourth-order valence-electron chi connectivity index (χ4n) is 2.69. The van der Waals surface area contributed by atoms with E-state index in [9.17, 15) is 13.2 Å². The van der Waals surface area contributed by atoms with Crippen LogP contribution in [0.1, 0.15) is 22.7 Å². The Kier molecular flexibility index (Phi) is 9.20. The zero-order valence-corrected chi connectivity index (χ0v) is 18.0. The second kappa shape index (κ2) is 11.8. The van der Waals surface area contributed by atoms with Crippen LogP contribution in [0, 0.1) is 0 Å². The van der Waals surface area contributed by atoms with Gasteiger partial charge >= 0.3 is 0 Å². The van der Waals surface area contributed by atoms with E-state index in [1.54, 1.807) is 0 Å². The first-order chi connectivity index (χ1) is 14.7. The summed E-state index contributed by atoms with van der Waals surface area (Å²) in [6, 6.07) is 26.9. The molecule has 0 aliphatic rings. The molecule has 1 atom stereocenters.